The smallest absolute Gasteiger partial charge is 0.412 e. The standard InChI is InChI=1S/C12H16N4O6S/c1-3-22-5(17)4-23-11-7(9(14)19)6(8(13)18)10(15-11)16-12(20)21-2/h15H,3-4H2,1-2H3,(H2,13,18)(H2,14,19)(H,16,20). The Morgan fingerprint density at radius 3 is 2.26 bits per heavy atom. The summed E-state index contributed by atoms with van der Waals surface area (Å²) < 4.78 is 9.17. The molecule has 0 radical (unpaired) electrons. The highest BCUT2D eigenvalue weighted by atomic mass is 32.2. The molecule has 0 fully saturated rings. The first kappa shape index (κ1) is 18.4. The Balaban J connectivity index is 3.20. The van der Waals surface area contributed by atoms with Crippen molar-refractivity contribution < 1.29 is 28.7 Å². The number of nitrogens with two attached hydrogens (primary N) is 2. The molecule has 0 aromatic carbocycles. The van der Waals surface area contributed by atoms with E-state index in [-0.39, 0.29) is 34.3 Å². The van der Waals surface area contributed by atoms with E-state index < -0.39 is 23.9 Å². The van der Waals surface area contributed by atoms with Crippen molar-refractivity contribution in [1.29, 1.82) is 0 Å². The number of anilines is 1. The van der Waals surface area contributed by atoms with Crippen LogP contribution in [0.1, 0.15) is 27.6 Å². The number of carbonyl (C=O) groups is 4. The van der Waals surface area contributed by atoms with Gasteiger partial charge in [0, 0.05) is 0 Å². The fourth-order valence-electron chi connectivity index (χ4n) is 1.65. The predicted octanol–water partition coefficient (Wildman–Crippen LogP) is 0.0460. The van der Waals surface area contributed by atoms with Crippen molar-refractivity contribution in [3.05, 3.63) is 11.1 Å². The molecule has 3 amide bonds. The second kappa shape index (κ2) is 8.08. The number of thioether (sulfide) groups is 1. The molecular weight excluding hydrogens is 328 g/mol. The van der Waals surface area contributed by atoms with Crippen molar-refractivity contribution in [3.8, 4) is 0 Å². The number of H-pyrrole nitrogens is 1. The zero-order chi connectivity index (χ0) is 17.6. The van der Waals surface area contributed by atoms with Gasteiger partial charge in [-0.2, -0.15) is 0 Å². The van der Waals surface area contributed by atoms with E-state index in [1.54, 1.807) is 6.92 Å². The van der Waals surface area contributed by atoms with E-state index in [1.165, 1.54) is 0 Å². The Hall–Kier alpha value is -2.69. The SMILES string of the molecule is CCOC(=O)CSc1[nH]c(NC(=O)OC)c(C(N)=O)c1C(N)=O. The molecule has 0 bridgehead atoms. The van der Waals surface area contributed by atoms with Gasteiger partial charge in [-0.25, -0.2) is 4.79 Å². The Bertz CT molecular complexity index is 642. The molecule has 0 aliphatic heterocycles. The zero-order valence-electron chi connectivity index (χ0n) is 12.4. The average Bonchev–Trinajstić information content (AvgIpc) is 2.83. The normalized spacial score (nSPS) is 10.0. The Kier molecular flexibility index (Phi) is 6.45. The number of aromatic amines is 1. The van der Waals surface area contributed by atoms with Crippen LogP contribution in [-0.2, 0) is 14.3 Å². The van der Waals surface area contributed by atoms with E-state index in [2.05, 4.69) is 15.0 Å². The number of methoxy groups -OCH3 is 1. The van der Waals surface area contributed by atoms with Crippen molar-refractivity contribution in [3.63, 3.8) is 0 Å². The van der Waals surface area contributed by atoms with Crippen LogP contribution in [0, 0.1) is 0 Å². The van der Waals surface area contributed by atoms with Crippen LogP contribution in [0.4, 0.5) is 10.6 Å². The van der Waals surface area contributed by atoms with E-state index in [4.69, 9.17) is 16.2 Å². The molecular formula is C12H16N4O6S. The highest BCUT2D eigenvalue weighted by molar-refractivity contribution is 8.00. The van der Waals surface area contributed by atoms with Crippen LogP contribution in [0.25, 0.3) is 0 Å². The van der Waals surface area contributed by atoms with Crippen molar-refractivity contribution in [1.82, 2.24) is 4.98 Å². The van der Waals surface area contributed by atoms with Gasteiger partial charge in [0.1, 0.15) is 5.82 Å². The summed E-state index contributed by atoms with van der Waals surface area (Å²) >= 11 is 0.880. The summed E-state index contributed by atoms with van der Waals surface area (Å²) in [5, 5.41) is 2.32. The topological polar surface area (TPSA) is 167 Å². The fraction of sp³-hybridized carbons (Fsp3) is 0.333. The maximum Gasteiger partial charge on any atom is 0.412 e. The molecule has 23 heavy (non-hydrogen) atoms. The lowest BCUT2D eigenvalue weighted by Gasteiger charge is -2.03. The molecule has 0 saturated carbocycles. The highest BCUT2D eigenvalue weighted by Gasteiger charge is 2.27. The molecule has 0 aliphatic carbocycles. The molecule has 0 unspecified atom stereocenters. The first-order valence-electron chi connectivity index (χ1n) is 6.30. The summed E-state index contributed by atoms with van der Waals surface area (Å²) in [4.78, 5) is 48.5. The van der Waals surface area contributed by atoms with Gasteiger partial charge in [0.2, 0.25) is 0 Å². The quantitative estimate of drug-likeness (QED) is 0.400. The molecule has 10 nitrogen and oxygen atoms in total. The van der Waals surface area contributed by atoms with E-state index >= 15 is 0 Å². The molecule has 1 rings (SSSR count). The van der Waals surface area contributed by atoms with Crippen molar-refractivity contribution in [2.75, 3.05) is 24.8 Å². The first-order chi connectivity index (χ1) is 10.8. The molecule has 1 aromatic rings. The van der Waals surface area contributed by atoms with Gasteiger partial charge in [0.25, 0.3) is 11.8 Å². The van der Waals surface area contributed by atoms with E-state index in [0.717, 1.165) is 18.9 Å². The summed E-state index contributed by atoms with van der Waals surface area (Å²) in [6.45, 7) is 1.85. The monoisotopic (exact) mass is 344 g/mol. The molecule has 6 N–H and O–H groups in total. The maximum atomic E-state index is 11.6. The number of amides is 3. The number of hydrogen-bond donors (Lipinski definition) is 4. The number of rotatable bonds is 7. The Morgan fingerprint density at radius 2 is 1.78 bits per heavy atom. The molecule has 0 atom stereocenters. The van der Waals surface area contributed by atoms with E-state index in [0.29, 0.717) is 0 Å². The lowest BCUT2D eigenvalue weighted by molar-refractivity contribution is -0.139. The van der Waals surface area contributed by atoms with Gasteiger partial charge in [-0.3, -0.25) is 19.7 Å². The Morgan fingerprint density at radius 1 is 1.17 bits per heavy atom. The second-order valence-electron chi connectivity index (χ2n) is 4.02. The third-order valence-electron chi connectivity index (χ3n) is 2.51. The van der Waals surface area contributed by atoms with Crippen LogP contribution < -0.4 is 16.8 Å². The molecule has 0 aliphatic rings. The fourth-order valence-corrected chi connectivity index (χ4v) is 2.51. The van der Waals surface area contributed by atoms with Gasteiger partial charge in [-0.15, -0.1) is 0 Å². The minimum atomic E-state index is -0.982. The van der Waals surface area contributed by atoms with Gasteiger partial charge in [-0.1, -0.05) is 11.8 Å². The highest BCUT2D eigenvalue weighted by Crippen LogP contribution is 2.30. The predicted molar refractivity (Wildman–Crippen MR) is 81.2 cm³/mol. The summed E-state index contributed by atoms with van der Waals surface area (Å²) in [7, 11) is 1.12. The number of hydrogen-bond acceptors (Lipinski definition) is 7. The van der Waals surface area contributed by atoms with Crippen LogP contribution in [0.15, 0.2) is 5.03 Å². The first-order valence-corrected chi connectivity index (χ1v) is 7.29. The maximum absolute atomic E-state index is 11.6. The van der Waals surface area contributed by atoms with Crippen LogP contribution >= 0.6 is 11.8 Å². The molecule has 0 saturated heterocycles. The number of carbonyl (C=O) groups excluding carboxylic acids is 4. The third-order valence-corrected chi connectivity index (χ3v) is 3.49. The molecule has 1 aromatic heterocycles. The van der Waals surface area contributed by atoms with Gasteiger partial charge in [0.15, 0.2) is 0 Å². The van der Waals surface area contributed by atoms with Crippen molar-refractivity contribution >= 4 is 41.5 Å². The van der Waals surface area contributed by atoms with Gasteiger partial charge in [0.05, 0.1) is 35.6 Å². The zero-order valence-corrected chi connectivity index (χ0v) is 13.2. The summed E-state index contributed by atoms with van der Waals surface area (Å²) in [6, 6.07) is 0. The molecule has 126 valence electrons. The molecule has 1 heterocycles. The third kappa shape index (κ3) is 4.64. The Labute approximate surface area is 135 Å². The average molecular weight is 344 g/mol. The number of nitrogens with one attached hydrogen (secondary N) is 2. The summed E-state index contributed by atoms with van der Waals surface area (Å²) in [5.74, 6) is -2.73. The number of ether oxygens (including phenoxy) is 2. The lowest BCUT2D eigenvalue weighted by atomic mass is 10.1. The largest absolute Gasteiger partial charge is 0.465 e. The summed E-state index contributed by atoms with van der Waals surface area (Å²) in [5.41, 5.74) is 9.96. The minimum Gasteiger partial charge on any atom is -0.465 e. The van der Waals surface area contributed by atoms with Gasteiger partial charge < -0.3 is 25.9 Å². The van der Waals surface area contributed by atoms with E-state index in [1.807, 2.05) is 0 Å². The minimum absolute atomic E-state index is 0.103. The number of esters is 1. The van der Waals surface area contributed by atoms with Crippen LogP contribution in [-0.4, -0.2) is 48.3 Å². The van der Waals surface area contributed by atoms with Crippen molar-refractivity contribution in [2.24, 2.45) is 11.5 Å². The summed E-state index contributed by atoms with van der Waals surface area (Å²) in [6.07, 6.45) is -0.883. The lowest BCUT2D eigenvalue weighted by Crippen LogP contribution is -2.22. The van der Waals surface area contributed by atoms with Gasteiger partial charge in [-0.05, 0) is 6.92 Å². The number of primary amides is 2. The van der Waals surface area contributed by atoms with E-state index in [9.17, 15) is 19.2 Å². The van der Waals surface area contributed by atoms with Crippen molar-refractivity contribution in [2.45, 2.75) is 11.9 Å². The molecule has 0 spiro atoms. The van der Waals surface area contributed by atoms with Crippen LogP contribution in [0.3, 0.4) is 0 Å². The molecule has 11 heteroatoms. The van der Waals surface area contributed by atoms with Crippen LogP contribution in [0.5, 0.6) is 0 Å². The second-order valence-corrected chi connectivity index (χ2v) is 5.00. The number of aromatic nitrogens is 1. The van der Waals surface area contributed by atoms with Gasteiger partial charge >= 0.3 is 12.1 Å². The van der Waals surface area contributed by atoms with Crippen LogP contribution in [0.2, 0.25) is 0 Å².